The summed E-state index contributed by atoms with van der Waals surface area (Å²) in [5.74, 6) is 0.282. The molecule has 0 bridgehead atoms. The Morgan fingerprint density at radius 2 is 2.14 bits per heavy atom. The molecule has 0 atom stereocenters. The molecule has 5 nitrogen and oxygen atoms in total. The highest BCUT2D eigenvalue weighted by atomic mass is 79.9. The highest BCUT2D eigenvalue weighted by molar-refractivity contribution is 9.10. The molecule has 0 radical (unpaired) electrons. The van der Waals surface area contributed by atoms with Crippen molar-refractivity contribution in [2.75, 3.05) is 11.9 Å². The smallest absolute Gasteiger partial charge is 0.205 e. The number of benzene rings is 2. The number of rotatable bonds is 4. The van der Waals surface area contributed by atoms with Crippen LogP contribution in [0.3, 0.4) is 0 Å². The second-order valence-electron chi connectivity index (χ2n) is 4.53. The number of anilines is 2. The summed E-state index contributed by atoms with van der Waals surface area (Å²) in [6.07, 6.45) is 0. The van der Waals surface area contributed by atoms with Gasteiger partial charge in [-0.25, -0.2) is 4.98 Å². The monoisotopic (exact) mass is 345 g/mol. The van der Waals surface area contributed by atoms with Crippen molar-refractivity contribution >= 4 is 44.4 Å². The molecule has 106 valence electrons. The Morgan fingerprint density at radius 3 is 2.90 bits per heavy atom. The molecule has 3 aromatic rings. The predicted molar refractivity (Wildman–Crippen MR) is 84.9 cm³/mol. The number of H-pyrrole nitrogens is 1. The molecule has 1 aromatic heterocycles. The molecular weight excluding hydrogens is 334 g/mol. The second kappa shape index (κ2) is 5.67. The fourth-order valence-corrected chi connectivity index (χ4v) is 2.44. The third-order valence-corrected chi connectivity index (χ3v) is 3.53. The van der Waals surface area contributed by atoms with E-state index in [-0.39, 0.29) is 5.78 Å². The maximum absolute atomic E-state index is 11.5. The number of hydrogen-bond acceptors (Lipinski definition) is 4. The number of carbonyl (C=O) groups excluding carboxylic acids is 1. The van der Waals surface area contributed by atoms with Crippen molar-refractivity contribution in [2.24, 2.45) is 0 Å². The Labute approximate surface area is 129 Å². The maximum atomic E-state index is 11.5. The van der Waals surface area contributed by atoms with Gasteiger partial charge in [0.1, 0.15) is 6.61 Å². The number of imidazole rings is 1. The number of aliphatic hydroxyl groups is 1. The summed E-state index contributed by atoms with van der Waals surface area (Å²) in [5, 5.41) is 12.1. The molecule has 21 heavy (non-hydrogen) atoms. The van der Waals surface area contributed by atoms with Gasteiger partial charge in [0.15, 0.2) is 5.78 Å². The Morgan fingerprint density at radius 1 is 1.29 bits per heavy atom. The molecule has 0 unspecified atom stereocenters. The Bertz CT molecular complexity index is 814. The first-order chi connectivity index (χ1) is 10.2. The summed E-state index contributed by atoms with van der Waals surface area (Å²) in [6.45, 7) is -0.497. The molecule has 0 amide bonds. The van der Waals surface area contributed by atoms with E-state index in [2.05, 4.69) is 31.2 Å². The third kappa shape index (κ3) is 2.96. The van der Waals surface area contributed by atoms with Gasteiger partial charge in [-0.05, 0) is 36.4 Å². The van der Waals surface area contributed by atoms with Crippen LogP contribution in [0.25, 0.3) is 11.0 Å². The number of nitrogens with one attached hydrogen (secondary N) is 2. The van der Waals surface area contributed by atoms with E-state index >= 15 is 0 Å². The van der Waals surface area contributed by atoms with Crippen LogP contribution in [0.5, 0.6) is 0 Å². The number of aliphatic hydroxyl groups excluding tert-OH is 1. The average Bonchev–Trinajstić information content (AvgIpc) is 2.87. The van der Waals surface area contributed by atoms with Crippen LogP contribution < -0.4 is 5.32 Å². The van der Waals surface area contributed by atoms with E-state index in [0.29, 0.717) is 11.5 Å². The van der Waals surface area contributed by atoms with Crippen LogP contribution in [0.1, 0.15) is 10.4 Å². The van der Waals surface area contributed by atoms with Crippen molar-refractivity contribution in [1.82, 2.24) is 9.97 Å². The fraction of sp³-hybridized carbons (Fsp3) is 0.0667. The van der Waals surface area contributed by atoms with E-state index in [1.807, 2.05) is 24.3 Å². The number of halogens is 1. The zero-order valence-electron chi connectivity index (χ0n) is 10.9. The first kappa shape index (κ1) is 13.8. The molecule has 0 saturated heterocycles. The molecule has 0 spiro atoms. The van der Waals surface area contributed by atoms with Gasteiger partial charge in [-0.3, -0.25) is 4.79 Å². The van der Waals surface area contributed by atoms with Crippen LogP contribution >= 0.6 is 15.9 Å². The molecule has 0 saturated carbocycles. The van der Waals surface area contributed by atoms with Crippen molar-refractivity contribution in [2.45, 2.75) is 0 Å². The minimum atomic E-state index is -0.497. The zero-order valence-corrected chi connectivity index (χ0v) is 12.5. The minimum absolute atomic E-state index is 0.312. The quantitative estimate of drug-likeness (QED) is 0.634. The fourth-order valence-electron chi connectivity index (χ4n) is 2.04. The van der Waals surface area contributed by atoms with Gasteiger partial charge < -0.3 is 15.4 Å². The molecule has 3 N–H and O–H groups in total. The van der Waals surface area contributed by atoms with Gasteiger partial charge >= 0.3 is 0 Å². The summed E-state index contributed by atoms with van der Waals surface area (Å²) < 4.78 is 0.972. The normalized spacial score (nSPS) is 10.8. The van der Waals surface area contributed by atoms with E-state index < -0.39 is 6.61 Å². The molecule has 0 aliphatic carbocycles. The number of aromatic amines is 1. The lowest BCUT2D eigenvalue weighted by Crippen LogP contribution is -2.03. The van der Waals surface area contributed by atoms with Crippen LogP contribution in [0, 0.1) is 0 Å². The van der Waals surface area contributed by atoms with Crippen LogP contribution in [-0.2, 0) is 0 Å². The molecule has 0 aliphatic rings. The van der Waals surface area contributed by atoms with Crippen molar-refractivity contribution in [3.05, 3.63) is 52.5 Å². The van der Waals surface area contributed by atoms with Gasteiger partial charge in [-0.1, -0.05) is 22.0 Å². The zero-order chi connectivity index (χ0) is 14.8. The van der Waals surface area contributed by atoms with E-state index in [1.165, 1.54) is 0 Å². The molecular formula is C15H12BrN3O2. The third-order valence-electron chi connectivity index (χ3n) is 3.03. The van der Waals surface area contributed by atoms with Gasteiger partial charge in [-0.15, -0.1) is 0 Å². The number of Topliss-reactive ketones (excluding diaryl/α,β-unsaturated/α-hetero) is 1. The SMILES string of the molecule is O=C(CO)c1ccc2nc(Nc3cccc(Br)c3)[nH]c2c1. The lowest BCUT2D eigenvalue weighted by molar-refractivity contribution is 0.0904. The van der Waals surface area contributed by atoms with E-state index in [0.717, 1.165) is 21.2 Å². The summed E-state index contributed by atoms with van der Waals surface area (Å²) in [5.41, 5.74) is 2.85. The Balaban J connectivity index is 1.92. The van der Waals surface area contributed by atoms with Gasteiger partial charge in [0, 0.05) is 15.7 Å². The van der Waals surface area contributed by atoms with E-state index in [4.69, 9.17) is 5.11 Å². The number of carbonyl (C=O) groups is 1. The second-order valence-corrected chi connectivity index (χ2v) is 5.45. The van der Waals surface area contributed by atoms with Gasteiger partial charge in [0.05, 0.1) is 11.0 Å². The summed E-state index contributed by atoms with van der Waals surface area (Å²) in [7, 11) is 0. The molecule has 0 aliphatic heterocycles. The number of ketones is 1. The highest BCUT2D eigenvalue weighted by Gasteiger charge is 2.08. The molecule has 3 rings (SSSR count). The first-order valence-electron chi connectivity index (χ1n) is 6.32. The van der Waals surface area contributed by atoms with Gasteiger partial charge in [0.25, 0.3) is 0 Å². The van der Waals surface area contributed by atoms with Crippen LogP contribution in [0.15, 0.2) is 46.9 Å². The lowest BCUT2D eigenvalue weighted by atomic mass is 10.1. The average molecular weight is 346 g/mol. The maximum Gasteiger partial charge on any atom is 0.205 e. The number of fused-ring (bicyclic) bond motifs is 1. The van der Waals surface area contributed by atoms with Crippen molar-refractivity contribution < 1.29 is 9.90 Å². The summed E-state index contributed by atoms with van der Waals surface area (Å²) >= 11 is 3.41. The number of hydrogen-bond donors (Lipinski definition) is 3. The molecule has 0 fully saturated rings. The van der Waals surface area contributed by atoms with Crippen molar-refractivity contribution in [3.63, 3.8) is 0 Å². The summed E-state index contributed by atoms with van der Waals surface area (Å²) in [6, 6.07) is 12.8. The number of aromatic nitrogens is 2. The van der Waals surface area contributed by atoms with Crippen LogP contribution in [0.2, 0.25) is 0 Å². The summed E-state index contributed by atoms with van der Waals surface area (Å²) in [4.78, 5) is 19.0. The first-order valence-corrected chi connectivity index (χ1v) is 7.11. The topological polar surface area (TPSA) is 78.0 Å². The van der Waals surface area contributed by atoms with Gasteiger partial charge in [-0.2, -0.15) is 0 Å². The molecule has 2 aromatic carbocycles. The molecule has 1 heterocycles. The number of nitrogens with zero attached hydrogens (tertiary/aromatic N) is 1. The molecule has 6 heteroatoms. The van der Waals surface area contributed by atoms with Crippen molar-refractivity contribution in [3.8, 4) is 0 Å². The predicted octanol–water partition coefficient (Wildman–Crippen LogP) is 3.24. The Kier molecular flexibility index (Phi) is 3.72. The van der Waals surface area contributed by atoms with Crippen molar-refractivity contribution in [1.29, 1.82) is 0 Å². The van der Waals surface area contributed by atoms with Gasteiger partial charge in [0.2, 0.25) is 5.95 Å². The van der Waals surface area contributed by atoms with Crippen LogP contribution in [-0.4, -0.2) is 27.5 Å². The standard InChI is InChI=1S/C15H12BrN3O2/c16-10-2-1-3-11(7-10)17-15-18-12-5-4-9(14(21)8-20)6-13(12)19-15/h1-7,20H,8H2,(H2,17,18,19). The van der Waals surface area contributed by atoms with E-state index in [1.54, 1.807) is 18.2 Å². The van der Waals surface area contributed by atoms with Crippen LogP contribution in [0.4, 0.5) is 11.6 Å². The van der Waals surface area contributed by atoms with E-state index in [9.17, 15) is 4.79 Å². The largest absolute Gasteiger partial charge is 0.388 e. The Hall–Kier alpha value is -2.18. The minimum Gasteiger partial charge on any atom is -0.388 e. The highest BCUT2D eigenvalue weighted by Crippen LogP contribution is 2.21. The lowest BCUT2D eigenvalue weighted by Gasteiger charge is -2.02.